The Morgan fingerprint density at radius 2 is 2.08 bits per heavy atom. The van der Waals surface area contributed by atoms with Gasteiger partial charge in [0.25, 0.3) is 0 Å². The molecule has 2 aliphatic rings. The zero-order chi connectivity index (χ0) is 17.8. The SMILES string of the molecule is CCOC(=O)N[C@H]1[C@H](OC)O[C@@H]2CO[C@@H](c3ccccc3)O[C@H]2[C@@H]1O. The fourth-order valence-electron chi connectivity index (χ4n) is 3.04. The van der Waals surface area contributed by atoms with E-state index in [1.807, 2.05) is 30.3 Å². The van der Waals surface area contributed by atoms with Gasteiger partial charge in [-0.3, -0.25) is 0 Å². The van der Waals surface area contributed by atoms with Crippen molar-refractivity contribution in [2.24, 2.45) is 0 Å². The summed E-state index contributed by atoms with van der Waals surface area (Å²) < 4.78 is 27.5. The van der Waals surface area contributed by atoms with Crippen LogP contribution in [0.15, 0.2) is 30.3 Å². The molecule has 0 aromatic heterocycles. The summed E-state index contributed by atoms with van der Waals surface area (Å²) in [6.45, 7) is 2.16. The molecule has 8 nitrogen and oxygen atoms in total. The quantitative estimate of drug-likeness (QED) is 0.832. The second-order valence-electron chi connectivity index (χ2n) is 5.84. The number of rotatable bonds is 4. The molecule has 6 atom stereocenters. The molecule has 0 radical (unpaired) electrons. The molecule has 0 aliphatic carbocycles. The summed E-state index contributed by atoms with van der Waals surface area (Å²) in [6, 6.07) is 8.61. The van der Waals surface area contributed by atoms with Crippen LogP contribution in [-0.2, 0) is 23.7 Å². The summed E-state index contributed by atoms with van der Waals surface area (Å²) in [5.74, 6) is 0. The third kappa shape index (κ3) is 3.94. The van der Waals surface area contributed by atoms with Gasteiger partial charge in [-0.1, -0.05) is 30.3 Å². The van der Waals surface area contributed by atoms with Gasteiger partial charge in [0, 0.05) is 12.7 Å². The van der Waals surface area contributed by atoms with Crippen molar-refractivity contribution in [2.75, 3.05) is 20.3 Å². The Bertz CT molecular complexity index is 569. The van der Waals surface area contributed by atoms with Gasteiger partial charge in [0.05, 0.1) is 13.2 Å². The number of benzene rings is 1. The molecule has 2 aliphatic heterocycles. The minimum absolute atomic E-state index is 0.222. The van der Waals surface area contributed by atoms with E-state index in [-0.39, 0.29) is 13.2 Å². The smallest absolute Gasteiger partial charge is 0.407 e. The molecule has 1 aromatic rings. The van der Waals surface area contributed by atoms with E-state index in [1.54, 1.807) is 6.92 Å². The van der Waals surface area contributed by atoms with Crippen LogP contribution in [0.2, 0.25) is 0 Å². The Hall–Kier alpha value is -1.71. The first kappa shape index (κ1) is 18.1. The van der Waals surface area contributed by atoms with Crippen LogP contribution in [0.1, 0.15) is 18.8 Å². The highest BCUT2D eigenvalue weighted by Gasteiger charge is 2.50. The number of aliphatic hydroxyl groups is 1. The van der Waals surface area contributed by atoms with Crippen LogP contribution < -0.4 is 5.32 Å². The lowest BCUT2D eigenvalue weighted by Crippen LogP contribution is -2.66. The number of carbonyl (C=O) groups is 1. The first-order valence-electron chi connectivity index (χ1n) is 8.25. The molecule has 0 spiro atoms. The molecular formula is C17H23NO7. The third-order valence-electron chi connectivity index (χ3n) is 4.23. The number of carbonyl (C=O) groups excluding carboxylic acids is 1. The summed E-state index contributed by atoms with van der Waals surface area (Å²) in [5.41, 5.74) is 0.844. The maximum atomic E-state index is 11.7. The van der Waals surface area contributed by atoms with E-state index in [0.717, 1.165) is 5.56 Å². The number of aliphatic hydroxyl groups excluding tert-OH is 1. The number of amides is 1. The summed E-state index contributed by atoms with van der Waals surface area (Å²) in [6.07, 6.45) is -4.30. The number of hydrogen-bond acceptors (Lipinski definition) is 7. The summed E-state index contributed by atoms with van der Waals surface area (Å²) >= 11 is 0. The fourth-order valence-corrected chi connectivity index (χ4v) is 3.04. The third-order valence-corrected chi connectivity index (χ3v) is 4.23. The molecule has 0 unspecified atom stereocenters. The van der Waals surface area contributed by atoms with E-state index >= 15 is 0 Å². The summed E-state index contributed by atoms with van der Waals surface area (Å²) in [7, 11) is 1.44. The molecule has 138 valence electrons. The van der Waals surface area contributed by atoms with Gasteiger partial charge >= 0.3 is 6.09 Å². The monoisotopic (exact) mass is 353 g/mol. The minimum atomic E-state index is -1.04. The Balaban J connectivity index is 1.72. The predicted octanol–water partition coefficient (Wildman–Crippen LogP) is 0.947. The average Bonchev–Trinajstić information content (AvgIpc) is 2.64. The number of hydrogen-bond donors (Lipinski definition) is 2. The van der Waals surface area contributed by atoms with Crippen molar-refractivity contribution in [3.63, 3.8) is 0 Å². The largest absolute Gasteiger partial charge is 0.450 e. The number of alkyl carbamates (subject to hydrolysis) is 1. The Morgan fingerprint density at radius 3 is 2.76 bits per heavy atom. The molecule has 1 aromatic carbocycles. The first-order valence-corrected chi connectivity index (χ1v) is 8.25. The number of methoxy groups -OCH3 is 1. The van der Waals surface area contributed by atoms with Crippen LogP contribution in [0.5, 0.6) is 0 Å². The predicted molar refractivity (Wildman–Crippen MR) is 85.6 cm³/mol. The van der Waals surface area contributed by atoms with Crippen LogP contribution in [0.4, 0.5) is 4.79 Å². The van der Waals surface area contributed by atoms with Crippen molar-refractivity contribution >= 4 is 6.09 Å². The van der Waals surface area contributed by atoms with Crippen LogP contribution >= 0.6 is 0 Å². The molecule has 2 heterocycles. The second kappa shape index (κ2) is 8.11. The van der Waals surface area contributed by atoms with E-state index in [4.69, 9.17) is 23.7 Å². The highest BCUT2D eigenvalue weighted by Crippen LogP contribution is 2.34. The Labute approximate surface area is 146 Å². The van der Waals surface area contributed by atoms with Crippen molar-refractivity contribution < 1.29 is 33.6 Å². The molecule has 2 saturated heterocycles. The van der Waals surface area contributed by atoms with E-state index < -0.39 is 43.0 Å². The van der Waals surface area contributed by atoms with Gasteiger partial charge < -0.3 is 34.1 Å². The number of nitrogens with one attached hydrogen (secondary N) is 1. The molecule has 1 amide bonds. The standard InChI is InChI=1S/C17H23NO7/c1-3-22-17(20)18-12-13(19)14-11(24-16(12)21-2)9-23-15(25-14)10-7-5-4-6-8-10/h4-8,11-16,19H,3,9H2,1-2H3,(H,18,20)/t11-,12-,13-,14-,15-,16-/m1/s1. The zero-order valence-electron chi connectivity index (χ0n) is 14.2. The van der Waals surface area contributed by atoms with Crippen LogP contribution in [0.3, 0.4) is 0 Å². The van der Waals surface area contributed by atoms with Gasteiger partial charge in [0.15, 0.2) is 12.6 Å². The molecule has 25 heavy (non-hydrogen) atoms. The van der Waals surface area contributed by atoms with Crippen molar-refractivity contribution in [3.05, 3.63) is 35.9 Å². The molecule has 2 N–H and O–H groups in total. The molecule has 3 rings (SSSR count). The average molecular weight is 353 g/mol. The lowest BCUT2D eigenvalue weighted by Gasteiger charge is -2.47. The maximum absolute atomic E-state index is 11.7. The normalized spacial score (nSPS) is 34.8. The Kier molecular flexibility index (Phi) is 5.87. The molecule has 0 bridgehead atoms. The van der Waals surface area contributed by atoms with Gasteiger partial charge in [-0.2, -0.15) is 0 Å². The van der Waals surface area contributed by atoms with E-state index in [1.165, 1.54) is 7.11 Å². The summed E-state index contributed by atoms with van der Waals surface area (Å²) in [4.78, 5) is 11.7. The van der Waals surface area contributed by atoms with Crippen LogP contribution in [0, 0.1) is 0 Å². The van der Waals surface area contributed by atoms with Gasteiger partial charge in [0.2, 0.25) is 0 Å². The van der Waals surface area contributed by atoms with Crippen molar-refractivity contribution in [1.29, 1.82) is 0 Å². The number of fused-ring (bicyclic) bond motifs is 1. The van der Waals surface area contributed by atoms with Gasteiger partial charge in [-0.25, -0.2) is 4.79 Å². The lowest BCUT2D eigenvalue weighted by molar-refractivity contribution is -0.341. The highest BCUT2D eigenvalue weighted by molar-refractivity contribution is 5.67. The number of ether oxygens (including phenoxy) is 5. The van der Waals surface area contributed by atoms with Crippen molar-refractivity contribution in [3.8, 4) is 0 Å². The van der Waals surface area contributed by atoms with Gasteiger partial charge in [-0.15, -0.1) is 0 Å². The summed E-state index contributed by atoms with van der Waals surface area (Å²) in [5, 5.41) is 13.3. The van der Waals surface area contributed by atoms with E-state index in [2.05, 4.69) is 5.32 Å². The van der Waals surface area contributed by atoms with Crippen LogP contribution in [0.25, 0.3) is 0 Å². The van der Waals surface area contributed by atoms with E-state index in [9.17, 15) is 9.90 Å². The van der Waals surface area contributed by atoms with Crippen LogP contribution in [-0.4, -0.2) is 62.2 Å². The fraction of sp³-hybridized carbons (Fsp3) is 0.588. The first-order chi connectivity index (χ1) is 12.1. The zero-order valence-corrected chi connectivity index (χ0v) is 14.2. The van der Waals surface area contributed by atoms with Gasteiger partial charge in [-0.05, 0) is 6.92 Å². The van der Waals surface area contributed by atoms with Gasteiger partial charge in [0.1, 0.15) is 24.4 Å². The molecular weight excluding hydrogens is 330 g/mol. The lowest BCUT2D eigenvalue weighted by atomic mass is 9.96. The Morgan fingerprint density at radius 1 is 1.32 bits per heavy atom. The van der Waals surface area contributed by atoms with Crippen molar-refractivity contribution in [2.45, 2.75) is 43.9 Å². The molecule has 0 saturated carbocycles. The molecule has 8 heteroatoms. The molecule has 2 fully saturated rings. The topological polar surface area (TPSA) is 95.5 Å². The minimum Gasteiger partial charge on any atom is -0.450 e. The second-order valence-corrected chi connectivity index (χ2v) is 5.84. The van der Waals surface area contributed by atoms with E-state index in [0.29, 0.717) is 0 Å². The maximum Gasteiger partial charge on any atom is 0.407 e. The highest BCUT2D eigenvalue weighted by atomic mass is 16.7. The van der Waals surface area contributed by atoms with Crippen molar-refractivity contribution in [1.82, 2.24) is 5.32 Å².